The summed E-state index contributed by atoms with van der Waals surface area (Å²) in [5, 5.41) is 9.58. The van der Waals surface area contributed by atoms with Crippen LogP contribution in [0.2, 0.25) is 0 Å². The Morgan fingerprint density at radius 1 is 1.12 bits per heavy atom. The minimum absolute atomic E-state index is 0.232. The Morgan fingerprint density at radius 3 is 2.06 bits per heavy atom. The third-order valence-electron chi connectivity index (χ3n) is 4.03. The summed E-state index contributed by atoms with van der Waals surface area (Å²) >= 11 is 0. The predicted molar refractivity (Wildman–Crippen MR) is 69.5 cm³/mol. The Balaban J connectivity index is 2.72. The van der Waals surface area contributed by atoms with Crippen molar-refractivity contribution in [2.75, 3.05) is 19.7 Å². The Bertz CT molecular complexity index is 224. The molecule has 2 atom stereocenters. The number of hydrogen-bond acceptors (Lipinski definition) is 2. The van der Waals surface area contributed by atoms with Gasteiger partial charge in [0.1, 0.15) is 0 Å². The molecular weight excluding hydrogens is 198 g/mol. The highest BCUT2D eigenvalue weighted by atomic mass is 16.3. The first kappa shape index (κ1) is 14.0. The molecule has 1 rings (SSSR count). The molecule has 0 amide bonds. The lowest BCUT2D eigenvalue weighted by Gasteiger charge is -2.48. The summed E-state index contributed by atoms with van der Waals surface area (Å²) in [5.41, 5.74) is 0.549. The van der Waals surface area contributed by atoms with E-state index in [1.165, 1.54) is 13.0 Å². The number of aliphatic hydroxyl groups is 1. The quantitative estimate of drug-likeness (QED) is 0.744. The third kappa shape index (κ3) is 3.21. The molecule has 0 spiro atoms. The molecule has 0 aromatic carbocycles. The minimum atomic E-state index is 0.232. The summed E-state index contributed by atoms with van der Waals surface area (Å²) in [7, 11) is 0. The molecule has 1 heterocycles. The first-order valence-corrected chi connectivity index (χ1v) is 6.52. The predicted octanol–water partition coefficient (Wildman–Crippen LogP) is 2.76. The van der Waals surface area contributed by atoms with Crippen molar-refractivity contribution in [2.24, 2.45) is 17.3 Å². The zero-order valence-corrected chi connectivity index (χ0v) is 11.9. The molecular formula is C14H29NO. The van der Waals surface area contributed by atoms with Crippen molar-refractivity contribution in [2.45, 2.75) is 53.5 Å². The zero-order valence-electron chi connectivity index (χ0n) is 11.9. The van der Waals surface area contributed by atoms with Gasteiger partial charge in [0.15, 0.2) is 0 Å². The molecule has 96 valence electrons. The van der Waals surface area contributed by atoms with E-state index in [0.717, 1.165) is 6.54 Å². The van der Waals surface area contributed by atoms with Crippen molar-refractivity contribution in [3.63, 3.8) is 0 Å². The summed E-state index contributed by atoms with van der Waals surface area (Å²) in [4.78, 5) is 2.51. The maximum absolute atomic E-state index is 9.58. The molecule has 2 unspecified atom stereocenters. The Morgan fingerprint density at radius 2 is 1.69 bits per heavy atom. The molecule has 0 bridgehead atoms. The van der Waals surface area contributed by atoms with Gasteiger partial charge in [0.25, 0.3) is 0 Å². The average molecular weight is 227 g/mol. The van der Waals surface area contributed by atoms with Gasteiger partial charge in [0.2, 0.25) is 0 Å². The molecule has 0 saturated carbocycles. The minimum Gasteiger partial charge on any atom is -0.396 e. The van der Waals surface area contributed by atoms with Crippen LogP contribution in [-0.4, -0.2) is 35.2 Å². The molecule has 16 heavy (non-hydrogen) atoms. The highest BCUT2D eigenvalue weighted by Gasteiger charge is 2.38. The lowest BCUT2D eigenvalue weighted by Crippen LogP contribution is -2.52. The molecule has 0 aliphatic carbocycles. The third-order valence-corrected chi connectivity index (χ3v) is 4.03. The van der Waals surface area contributed by atoms with Crippen LogP contribution in [0.4, 0.5) is 0 Å². The standard InChI is InChI=1S/C14H29NO/c1-13(2,3)12-7-8-15(14(4,5)6)9-11(12)10-16/h11-12,16H,7-10H2,1-6H3. The molecule has 2 heteroatoms. The van der Waals surface area contributed by atoms with Crippen LogP contribution < -0.4 is 0 Å². The molecule has 0 aromatic rings. The van der Waals surface area contributed by atoms with Gasteiger partial charge in [-0.3, -0.25) is 4.90 Å². The smallest absolute Gasteiger partial charge is 0.0474 e. The SMILES string of the molecule is CC(C)(C)C1CCN(C(C)(C)C)CC1CO. The van der Waals surface area contributed by atoms with Crippen molar-refractivity contribution in [1.82, 2.24) is 4.90 Å². The normalized spacial score (nSPS) is 29.4. The van der Waals surface area contributed by atoms with E-state index < -0.39 is 0 Å². The molecule has 1 aliphatic rings. The van der Waals surface area contributed by atoms with E-state index in [0.29, 0.717) is 23.9 Å². The van der Waals surface area contributed by atoms with E-state index >= 15 is 0 Å². The second kappa shape index (κ2) is 4.66. The van der Waals surface area contributed by atoms with Crippen molar-refractivity contribution in [3.05, 3.63) is 0 Å². The van der Waals surface area contributed by atoms with Gasteiger partial charge in [0.05, 0.1) is 0 Å². The van der Waals surface area contributed by atoms with Gasteiger partial charge in [-0.1, -0.05) is 20.8 Å². The van der Waals surface area contributed by atoms with Gasteiger partial charge in [-0.15, -0.1) is 0 Å². The monoisotopic (exact) mass is 227 g/mol. The van der Waals surface area contributed by atoms with Crippen molar-refractivity contribution < 1.29 is 5.11 Å². The molecule has 0 aromatic heterocycles. The Labute approximate surface area is 101 Å². The van der Waals surface area contributed by atoms with Crippen LogP contribution in [0.15, 0.2) is 0 Å². The van der Waals surface area contributed by atoms with Crippen LogP contribution in [0.1, 0.15) is 48.0 Å². The Hall–Kier alpha value is -0.0800. The maximum atomic E-state index is 9.58. The largest absolute Gasteiger partial charge is 0.396 e. The van der Waals surface area contributed by atoms with Crippen molar-refractivity contribution >= 4 is 0 Å². The number of likely N-dealkylation sites (tertiary alicyclic amines) is 1. The fourth-order valence-corrected chi connectivity index (χ4v) is 2.97. The maximum Gasteiger partial charge on any atom is 0.0474 e. The van der Waals surface area contributed by atoms with E-state index in [9.17, 15) is 5.11 Å². The summed E-state index contributed by atoms with van der Waals surface area (Å²) < 4.78 is 0. The van der Waals surface area contributed by atoms with Crippen molar-refractivity contribution in [1.29, 1.82) is 0 Å². The second-order valence-electron chi connectivity index (χ2n) is 7.32. The van der Waals surface area contributed by atoms with Crippen LogP contribution in [-0.2, 0) is 0 Å². The van der Waals surface area contributed by atoms with Crippen LogP contribution >= 0.6 is 0 Å². The molecule has 1 aliphatic heterocycles. The van der Waals surface area contributed by atoms with Gasteiger partial charge < -0.3 is 5.11 Å². The van der Waals surface area contributed by atoms with E-state index in [2.05, 4.69) is 46.4 Å². The molecule has 1 fully saturated rings. The average Bonchev–Trinajstić information content (AvgIpc) is 2.14. The molecule has 1 saturated heterocycles. The van der Waals surface area contributed by atoms with Gasteiger partial charge in [-0.25, -0.2) is 0 Å². The van der Waals surface area contributed by atoms with E-state index in [1.807, 2.05) is 0 Å². The topological polar surface area (TPSA) is 23.5 Å². The number of piperidine rings is 1. The van der Waals surface area contributed by atoms with Crippen LogP contribution in [0.5, 0.6) is 0 Å². The number of aliphatic hydroxyl groups excluding tert-OH is 1. The van der Waals surface area contributed by atoms with Crippen LogP contribution in [0, 0.1) is 17.3 Å². The van der Waals surface area contributed by atoms with E-state index in [4.69, 9.17) is 0 Å². The highest BCUT2D eigenvalue weighted by Crippen LogP contribution is 2.39. The second-order valence-corrected chi connectivity index (χ2v) is 7.32. The van der Waals surface area contributed by atoms with Crippen molar-refractivity contribution in [3.8, 4) is 0 Å². The summed E-state index contributed by atoms with van der Waals surface area (Å²) in [6, 6.07) is 0. The van der Waals surface area contributed by atoms with Gasteiger partial charge in [0, 0.05) is 18.7 Å². The lowest BCUT2D eigenvalue weighted by atomic mass is 9.69. The first-order valence-electron chi connectivity index (χ1n) is 6.52. The molecule has 2 nitrogen and oxygen atoms in total. The van der Waals surface area contributed by atoms with Crippen LogP contribution in [0.3, 0.4) is 0 Å². The van der Waals surface area contributed by atoms with E-state index in [1.54, 1.807) is 0 Å². The number of hydrogen-bond donors (Lipinski definition) is 1. The zero-order chi connectivity index (χ0) is 12.6. The van der Waals surface area contributed by atoms with Crippen LogP contribution in [0.25, 0.3) is 0 Å². The highest BCUT2D eigenvalue weighted by molar-refractivity contribution is 4.90. The fourth-order valence-electron chi connectivity index (χ4n) is 2.97. The number of rotatable bonds is 1. The summed E-state index contributed by atoms with van der Waals surface area (Å²) in [5.74, 6) is 1.09. The molecule has 0 radical (unpaired) electrons. The fraction of sp³-hybridized carbons (Fsp3) is 1.00. The van der Waals surface area contributed by atoms with Gasteiger partial charge in [-0.05, 0) is 51.0 Å². The van der Waals surface area contributed by atoms with E-state index in [-0.39, 0.29) is 5.54 Å². The Kier molecular flexibility index (Phi) is 4.07. The summed E-state index contributed by atoms with van der Waals surface area (Å²) in [6.45, 7) is 16.2. The first-order chi connectivity index (χ1) is 7.16. The number of nitrogens with zero attached hydrogens (tertiary/aromatic N) is 1. The molecule has 1 N–H and O–H groups in total. The van der Waals surface area contributed by atoms with Gasteiger partial charge in [-0.2, -0.15) is 0 Å². The summed E-state index contributed by atoms with van der Waals surface area (Å²) in [6.07, 6.45) is 1.21. The lowest BCUT2D eigenvalue weighted by molar-refractivity contribution is -0.0153. The van der Waals surface area contributed by atoms with Gasteiger partial charge >= 0.3 is 0 Å².